The topological polar surface area (TPSA) is 103 Å². The van der Waals surface area contributed by atoms with Crippen molar-refractivity contribution in [3.63, 3.8) is 0 Å². The third kappa shape index (κ3) is 3.46. The molecule has 23 heavy (non-hydrogen) atoms. The Morgan fingerprint density at radius 2 is 2.04 bits per heavy atom. The van der Waals surface area contributed by atoms with Crippen LogP contribution < -0.4 is 0 Å². The van der Waals surface area contributed by atoms with Gasteiger partial charge in [-0.3, -0.25) is 4.79 Å². The van der Waals surface area contributed by atoms with Crippen molar-refractivity contribution in [1.82, 2.24) is 35.3 Å². The van der Waals surface area contributed by atoms with Crippen molar-refractivity contribution in [2.45, 2.75) is 31.5 Å². The van der Waals surface area contributed by atoms with E-state index in [1.54, 1.807) is 4.90 Å². The second-order valence-corrected chi connectivity index (χ2v) is 5.06. The Morgan fingerprint density at radius 3 is 2.61 bits per heavy atom. The molecule has 0 spiro atoms. The van der Waals surface area contributed by atoms with E-state index in [-0.39, 0.29) is 24.3 Å². The molecule has 1 aliphatic rings. The summed E-state index contributed by atoms with van der Waals surface area (Å²) in [4.78, 5) is 14.8. The van der Waals surface area contributed by atoms with Crippen molar-refractivity contribution in [3.05, 3.63) is 18.1 Å². The van der Waals surface area contributed by atoms with E-state index in [0.717, 1.165) is 0 Å². The van der Waals surface area contributed by atoms with E-state index in [1.807, 2.05) is 0 Å². The largest absolute Gasteiger partial charge is 0.470 e. The summed E-state index contributed by atoms with van der Waals surface area (Å²) in [5, 5.41) is 17.3. The molecule has 0 unspecified atom stereocenters. The zero-order valence-corrected chi connectivity index (χ0v) is 11.8. The monoisotopic (exact) mass is 331 g/mol. The zero-order chi connectivity index (χ0) is 16.4. The van der Waals surface area contributed by atoms with Gasteiger partial charge in [0.2, 0.25) is 11.8 Å². The minimum atomic E-state index is -4.65. The lowest BCUT2D eigenvalue weighted by Crippen LogP contribution is -2.40. The molecular formula is C11H12F3N7O2. The predicted molar refractivity (Wildman–Crippen MR) is 65.7 cm³/mol. The maximum absolute atomic E-state index is 12.4. The number of rotatable bonds is 3. The summed E-state index contributed by atoms with van der Waals surface area (Å²) in [7, 11) is 0. The third-order valence-electron chi connectivity index (χ3n) is 3.55. The number of nitrogens with zero attached hydrogens (tertiary/aromatic N) is 7. The number of alkyl halides is 3. The van der Waals surface area contributed by atoms with Gasteiger partial charge in [0.05, 0.1) is 0 Å². The number of piperidine rings is 1. The van der Waals surface area contributed by atoms with E-state index in [2.05, 4.69) is 30.0 Å². The molecule has 9 nitrogen and oxygen atoms in total. The highest BCUT2D eigenvalue weighted by atomic mass is 19.4. The van der Waals surface area contributed by atoms with Crippen LogP contribution in [0.1, 0.15) is 30.5 Å². The Labute approximate surface area is 127 Å². The SMILES string of the molecule is O=C(Cn1ncnn1)N1CCC(c2nnc(C(F)(F)F)o2)CC1. The van der Waals surface area contributed by atoms with Crippen molar-refractivity contribution >= 4 is 5.91 Å². The van der Waals surface area contributed by atoms with Crippen LogP contribution in [-0.2, 0) is 17.5 Å². The predicted octanol–water partition coefficient (Wildman–Crippen LogP) is 0.481. The molecule has 0 bridgehead atoms. The Hall–Kier alpha value is -2.53. The van der Waals surface area contributed by atoms with Gasteiger partial charge in [-0.25, -0.2) is 0 Å². The van der Waals surface area contributed by atoms with E-state index in [9.17, 15) is 18.0 Å². The molecule has 0 aliphatic carbocycles. The van der Waals surface area contributed by atoms with Crippen LogP contribution in [0.3, 0.4) is 0 Å². The molecule has 0 N–H and O–H groups in total. The summed E-state index contributed by atoms with van der Waals surface area (Å²) in [6.45, 7) is 0.757. The summed E-state index contributed by atoms with van der Waals surface area (Å²) in [5.41, 5.74) is 0. The molecule has 1 saturated heterocycles. The summed E-state index contributed by atoms with van der Waals surface area (Å²) in [6, 6.07) is 0. The minimum Gasteiger partial charge on any atom is -0.417 e. The summed E-state index contributed by atoms with van der Waals surface area (Å²) < 4.78 is 42.0. The van der Waals surface area contributed by atoms with Gasteiger partial charge in [-0.05, 0) is 18.1 Å². The number of halogens is 3. The number of amides is 1. The van der Waals surface area contributed by atoms with Gasteiger partial charge in [0, 0.05) is 19.0 Å². The van der Waals surface area contributed by atoms with Crippen LogP contribution in [0.5, 0.6) is 0 Å². The number of carbonyl (C=O) groups excluding carboxylic acids is 1. The second kappa shape index (κ2) is 5.93. The van der Waals surface area contributed by atoms with Gasteiger partial charge < -0.3 is 9.32 Å². The lowest BCUT2D eigenvalue weighted by atomic mass is 9.97. The van der Waals surface area contributed by atoms with Crippen molar-refractivity contribution < 1.29 is 22.4 Å². The molecule has 2 aromatic heterocycles. The van der Waals surface area contributed by atoms with Gasteiger partial charge in [0.25, 0.3) is 0 Å². The number of tetrazole rings is 1. The van der Waals surface area contributed by atoms with Crippen LogP contribution in [0.4, 0.5) is 13.2 Å². The van der Waals surface area contributed by atoms with Gasteiger partial charge >= 0.3 is 12.1 Å². The van der Waals surface area contributed by atoms with Gasteiger partial charge in [0.15, 0.2) is 6.33 Å². The van der Waals surface area contributed by atoms with Crippen LogP contribution >= 0.6 is 0 Å². The average molecular weight is 331 g/mol. The molecule has 1 aliphatic heterocycles. The van der Waals surface area contributed by atoms with Gasteiger partial charge in [-0.15, -0.1) is 20.4 Å². The first-order chi connectivity index (χ1) is 10.9. The summed E-state index contributed by atoms with van der Waals surface area (Å²) in [6.07, 6.45) is -2.51. The Kier molecular flexibility index (Phi) is 3.96. The fourth-order valence-corrected chi connectivity index (χ4v) is 2.37. The highest BCUT2D eigenvalue weighted by molar-refractivity contribution is 5.75. The molecule has 2 aromatic rings. The summed E-state index contributed by atoms with van der Waals surface area (Å²) >= 11 is 0. The normalized spacial score (nSPS) is 16.7. The number of likely N-dealkylation sites (tertiary alicyclic amines) is 1. The van der Waals surface area contributed by atoms with Crippen LogP contribution in [0.15, 0.2) is 10.7 Å². The van der Waals surface area contributed by atoms with Crippen molar-refractivity contribution in [2.75, 3.05) is 13.1 Å². The third-order valence-corrected chi connectivity index (χ3v) is 3.55. The standard InChI is InChI=1S/C11H12F3N7O2/c12-11(13,14)10-18-17-9(23-10)7-1-3-20(4-2-7)8(22)5-21-16-6-15-19-21/h6-7H,1-5H2. The van der Waals surface area contributed by atoms with Crippen molar-refractivity contribution in [3.8, 4) is 0 Å². The molecule has 1 amide bonds. The molecule has 12 heteroatoms. The van der Waals surface area contributed by atoms with E-state index < -0.39 is 12.1 Å². The number of hydrogen-bond acceptors (Lipinski definition) is 7. The van der Waals surface area contributed by atoms with Gasteiger partial charge in [0.1, 0.15) is 6.54 Å². The van der Waals surface area contributed by atoms with Gasteiger partial charge in [-0.1, -0.05) is 0 Å². The van der Waals surface area contributed by atoms with Crippen LogP contribution in [0, 0.1) is 0 Å². The Morgan fingerprint density at radius 1 is 1.30 bits per heavy atom. The molecule has 0 atom stereocenters. The smallest absolute Gasteiger partial charge is 0.417 e. The zero-order valence-electron chi connectivity index (χ0n) is 11.8. The fourth-order valence-electron chi connectivity index (χ4n) is 2.37. The Balaban J connectivity index is 1.56. The average Bonchev–Trinajstić information content (AvgIpc) is 3.18. The molecule has 0 saturated carbocycles. The van der Waals surface area contributed by atoms with Crippen LogP contribution in [-0.4, -0.2) is 54.3 Å². The highest BCUT2D eigenvalue weighted by Gasteiger charge is 2.39. The lowest BCUT2D eigenvalue weighted by molar-refractivity contribution is -0.157. The van der Waals surface area contributed by atoms with Crippen LogP contribution in [0.25, 0.3) is 0 Å². The van der Waals surface area contributed by atoms with E-state index in [1.165, 1.54) is 11.1 Å². The van der Waals surface area contributed by atoms with Crippen LogP contribution in [0.2, 0.25) is 0 Å². The Bertz CT molecular complexity index is 661. The van der Waals surface area contributed by atoms with Gasteiger partial charge in [-0.2, -0.15) is 18.0 Å². The molecular weight excluding hydrogens is 319 g/mol. The first-order valence-corrected chi connectivity index (χ1v) is 6.82. The molecule has 3 heterocycles. The number of carbonyl (C=O) groups is 1. The molecule has 0 aromatic carbocycles. The molecule has 1 fully saturated rings. The molecule has 124 valence electrons. The minimum absolute atomic E-state index is 0.0244. The number of hydrogen-bond donors (Lipinski definition) is 0. The highest BCUT2D eigenvalue weighted by Crippen LogP contribution is 2.32. The van der Waals surface area contributed by atoms with E-state index in [4.69, 9.17) is 0 Å². The lowest BCUT2D eigenvalue weighted by Gasteiger charge is -2.30. The summed E-state index contributed by atoms with van der Waals surface area (Å²) in [5.74, 6) is -1.85. The van der Waals surface area contributed by atoms with Crippen molar-refractivity contribution in [2.24, 2.45) is 0 Å². The molecule has 3 rings (SSSR count). The maximum Gasteiger partial charge on any atom is 0.470 e. The number of aromatic nitrogens is 6. The molecule has 0 radical (unpaired) electrons. The maximum atomic E-state index is 12.4. The first-order valence-electron chi connectivity index (χ1n) is 6.82. The fraction of sp³-hybridized carbons (Fsp3) is 0.636. The first kappa shape index (κ1) is 15.4. The second-order valence-electron chi connectivity index (χ2n) is 5.06. The van der Waals surface area contributed by atoms with Crippen molar-refractivity contribution in [1.29, 1.82) is 0 Å². The van der Waals surface area contributed by atoms with E-state index >= 15 is 0 Å². The van der Waals surface area contributed by atoms with E-state index in [0.29, 0.717) is 25.9 Å². The quantitative estimate of drug-likeness (QED) is 0.806.